The van der Waals surface area contributed by atoms with Crippen LogP contribution in [0.15, 0.2) is 40.9 Å². The predicted molar refractivity (Wildman–Crippen MR) is 92.6 cm³/mol. The molecule has 1 aromatic carbocycles. The number of rotatable bonds is 7. The van der Waals surface area contributed by atoms with Crippen molar-refractivity contribution >= 4 is 27.3 Å². The number of nitrogens with one attached hydrogen (secondary N) is 1. The molecule has 1 atom stereocenters. The van der Waals surface area contributed by atoms with E-state index < -0.39 is 0 Å². The Morgan fingerprint density at radius 3 is 2.50 bits per heavy atom. The summed E-state index contributed by atoms with van der Waals surface area (Å²) in [6.07, 6.45) is 3.35. The summed E-state index contributed by atoms with van der Waals surface area (Å²) in [6, 6.07) is 13.5. The molecular weight excluding hydrogens is 330 g/mol. The largest absolute Gasteiger partial charge is 0.310 e. The fourth-order valence-electron chi connectivity index (χ4n) is 2.29. The molecule has 20 heavy (non-hydrogen) atoms. The molecule has 2 aromatic rings. The molecule has 0 spiro atoms. The zero-order chi connectivity index (χ0) is 14.4. The summed E-state index contributed by atoms with van der Waals surface area (Å²) < 4.78 is 1.20. The molecule has 0 saturated heterocycles. The Morgan fingerprint density at radius 1 is 1.10 bits per heavy atom. The standard InChI is InChI=1S/C17H22BrNS/c1-3-11-19-17(15-7-5-6-8-16(15)18)12-14-10-9-13(4-2)20-14/h5-10,17,19H,3-4,11-12H2,1-2H3. The molecule has 0 amide bonds. The van der Waals surface area contributed by atoms with Crippen LogP contribution in [-0.4, -0.2) is 6.54 Å². The zero-order valence-electron chi connectivity index (χ0n) is 12.2. The van der Waals surface area contributed by atoms with E-state index in [9.17, 15) is 0 Å². The van der Waals surface area contributed by atoms with Crippen molar-refractivity contribution in [3.63, 3.8) is 0 Å². The molecule has 1 N–H and O–H groups in total. The van der Waals surface area contributed by atoms with Gasteiger partial charge in [0.25, 0.3) is 0 Å². The minimum Gasteiger partial charge on any atom is -0.310 e. The first-order valence-electron chi connectivity index (χ1n) is 7.30. The molecule has 2 rings (SSSR count). The number of hydrogen-bond donors (Lipinski definition) is 1. The normalized spacial score (nSPS) is 12.6. The highest BCUT2D eigenvalue weighted by atomic mass is 79.9. The van der Waals surface area contributed by atoms with E-state index in [-0.39, 0.29) is 0 Å². The lowest BCUT2D eigenvalue weighted by Gasteiger charge is -2.19. The molecule has 0 radical (unpaired) electrons. The fourth-order valence-corrected chi connectivity index (χ4v) is 3.86. The summed E-state index contributed by atoms with van der Waals surface area (Å²) in [6.45, 7) is 5.48. The first-order chi connectivity index (χ1) is 9.74. The third-order valence-corrected chi connectivity index (χ3v) is 5.37. The summed E-state index contributed by atoms with van der Waals surface area (Å²) in [5.74, 6) is 0. The van der Waals surface area contributed by atoms with Crippen molar-refractivity contribution in [2.45, 2.75) is 39.2 Å². The lowest BCUT2D eigenvalue weighted by molar-refractivity contribution is 0.530. The van der Waals surface area contributed by atoms with Gasteiger partial charge in [-0.1, -0.05) is 48.0 Å². The molecule has 0 aliphatic rings. The van der Waals surface area contributed by atoms with Crippen molar-refractivity contribution in [2.24, 2.45) is 0 Å². The fraction of sp³-hybridized carbons (Fsp3) is 0.412. The van der Waals surface area contributed by atoms with E-state index in [0.29, 0.717) is 6.04 Å². The van der Waals surface area contributed by atoms with E-state index in [1.165, 1.54) is 19.8 Å². The Hall–Kier alpha value is -0.640. The highest BCUT2D eigenvalue weighted by Crippen LogP contribution is 2.28. The van der Waals surface area contributed by atoms with Crippen molar-refractivity contribution in [3.05, 3.63) is 56.2 Å². The molecule has 0 aliphatic carbocycles. The highest BCUT2D eigenvalue weighted by Gasteiger charge is 2.15. The van der Waals surface area contributed by atoms with Crippen molar-refractivity contribution in [1.82, 2.24) is 5.32 Å². The maximum atomic E-state index is 3.68. The second kappa shape index (κ2) is 7.96. The minimum absolute atomic E-state index is 0.383. The lowest BCUT2D eigenvalue weighted by Crippen LogP contribution is -2.24. The molecule has 108 valence electrons. The number of hydrogen-bond acceptors (Lipinski definition) is 2. The molecule has 1 aromatic heterocycles. The molecule has 1 unspecified atom stereocenters. The van der Waals surface area contributed by atoms with Crippen molar-refractivity contribution in [3.8, 4) is 0 Å². The molecule has 3 heteroatoms. The number of halogens is 1. The van der Waals surface area contributed by atoms with Crippen LogP contribution in [0.5, 0.6) is 0 Å². The summed E-state index contributed by atoms with van der Waals surface area (Å²) >= 11 is 5.62. The second-order valence-electron chi connectivity index (χ2n) is 4.95. The SMILES string of the molecule is CCCNC(Cc1ccc(CC)s1)c1ccccc1Br. The predicted octanol–water partition coefficient (Wildman–Crippen LogP) is 5.36. The molecule has 0 aliphatic heterocycles. The maximum absolute atomic E-state index is 3.68. The average Bonchev–Trinajstić information content (AvgIpc) is 2.92. The first kappa shape index (κ1) is 15.7. The zero-order valence-corrected chi connectivity index (χ0v) is 14.6. The summed E-state index contributed by atoms with van der Waals surface area (Å²) in [4.78, 5) is 2.94. The van der Waals surface area contributed by atoms with E-state index in [2.05, 4.69) is 71.5 Å². The molecule has 0 saturated carbocycles. The Balaban J connectivity index is 2.17. The van der Waals surface area contributed by atoms with Crippen LogP contribution in [0.2, 0.25) is 0 Å². The quantitative estimate of drug-likeness (QED) is 0.708. The van der Waals surface area contributed by atoms with E-state index >= 15 is 0 Å². The monoisotopic (exact) mass is 351 g/mol. The van der Waals surface area contributed by atoms with Gasteiger partial charge in [0.15, 0.2) is 0 Å². The smallest absolute Gasteiger partial charge is 0.0380 e. The lowest BCUT2D eigenvalue weighted by atomic mass is 10.0. The van der Waals surface area contributed by atoms with Gasteiger partial charge in [-0.2, -0.15) is 0 Å². The summed E-state index contributed by atoms with van der Waals surface area (Å²) in [5.41, 5.74) is 1.35. The van der Waals surface area contributed by atoms with Gasteiger partial charge in [0.2, 0.25) is 0 Å². The molecule has 1 nitrogen and oxygen atoms in total. The third-order valence-electron chi connectivity index (χ3n) is 3.39. The van der Waals surface area contributed by atoms with Gasteiger partial charge in [0.05, 0.1) is 0 Å². The van der Waals surface area contributed by atoms with Crippen molar-refractivity contribution in [1.29, 1.82) is 0 Å². The van der Waals surface area contributed by atoms with Crippen LogP contribution >= 0.6 is 27.3 Å². The van der Waals surface area contributed by atoms with Gasteiger partial charge in [-0.3, -0.25) is 0 Å². The van der Waals surface area contributed by atoms with Crippen molar-refractivity contribution in [2.75, 3.05) is 6.54 Å². The molecular formula is C17H22BrNS. The van der Waals surface area contributed by atoms with Gasteiger partial charge < -0.3 is 5.32 Å². The Bertz CT molecular complexity index is 535. The second-order valence-corrected chi connectivity index (χ2v) is 7.06. The van der Waals surface area contributed by atoms with Crippen LogP contribution < -0.4 is 5.32 Å². The van der Waals surface area contributed by atoms with Crippen LogP contribution in [0.25, 0.3) is 0 Å². The number of aryl methyl sites for hydroxylation is 1. The van der Waals surface area contributed by atoms with E-state index in [4.69, 9.17) is 0 Å². The van der Waals surface area contributed by atoms with Crippen LogP contribution in [0, 0.1) is 0 Å². The van der Waals surface area contributed by atoms with Gasteiger partial charge in [0.1, 0.15) is 0 Å². The Kier molecular flexibility index (Phi) is 6.27. The highest BCUT2D eigenvalue weighted by molar-refractivity contribution is 9.10. The van der Waals surface area contributed by atoms with E-state index in [1.54, 1.807) is 0 Å². The molecule has 0 bridgehead atoms. The number of benzene rings is 1. The van der Waals surface area contributed by atoms with Gasteiger partial charge in [0, 0.05) is 26.7 Å². The first-order valence-corrected chi connectivity index (χ1v) is 8.91. The average molecular weight is 352 g/mol. The minimum atomic E-state index is 0.383. The van der Waals surface area contributed by atoms with Crippen molar-refractivity contribution < 1.29 is 0 Å². The van der Waals surface area contributed by atoms with Gasteiger partial charge in [-0.05, 0) is 43.1 Å². The maximum Gasteiger partial charge on any atom is 0.0380 e. The van der Waals surface area contributed by atoms with Crippen LogP contribution in [0.1, 0.15) is 41.6 Å². The third kappa shape index (κ3) is 4.18. The Morgan fingerprint density at radius 2 is 1.85 bits per heavy atom. The molecule has 0 fully saturated rings. The van der Waals surface area contributed by atoms with Gasteiger partial charge >= 0.3 is 0 Å². The topological polar surface area (TPSA) is 12.0 Å². The van der Waals surface area contributed by atoms with Gasteiger partial charge in [-0.15, -0.1) is 11.3 Å². The molecule has 1 heterocycles. The summed E-state index contributed by atoms with van der Waals surface area (Å²) in [7, 11) is 0. The summed E-state index contributed by atoms with van der Waals surface area (Å²) in [5, 5.41) is 3.68. The van der Waals surface area contributed by atoms with Crippen LogP contribution in [-0.2, 0) is 12.8 Å². The van der Waals surface area contributed by atoms with Crippen LogP contribution in [0.3, 0.4) is 0 Å². The van der Waals surface area contributed by atoms with E-state index in [1.807, 2.05) is 11.3 Å². The van der Waals surface area contributed by atoms with E-state index in [0.717, 1.165) is 25.8 Å². The Labute approximate surface area is 134 Å². The number of thiophene rings is 1. The van der Waals surface area contributed by atoms with Crippen LogP contribution in [0.4, 0.5) is 0 Å². The van der Waals surface area contributed by atoms with Gasteiger partial charge in [-0.25, -0.2) is 0 Å².